The SMILES string of the molecule is C[Si](C)(C)[C]1[CH][CH][CH][C]1C1=N[C@@H](Cc2ccccc2)CO1.[CH]1[CH][CH][CH][CH]1.[Fe+2]. The van der Waals surface area contributed by atoms with Gasteiger partial charge in [0, 0.05) is 0 Å². The molecule has 0 amide bonds. The number of hydrogen-bond acceptors (Lipinski definition) is 2. The predicted molar refractivity (Wildman–Crippen MR) is 112 cm³/mol. The Morgan fingerprint density at radius 1 is 0.926 bits per heavy atom. The molecule has 2 aliphatic carbocycles. The van der Waals surface area contributed by atoms with Crippen LogP contribution in [0.3, 0.4) is 0 Å². The summed E-state index contributed by atoms with van der Waals surface area (Å²) in [5.41, 5.74) is 2.77. The molecule has 0 saturated heterocycles. The molecule has 4 heteroatoms. The molecule has 10 radical (unpaired) electrons. The van der Waals surface area contributed by atoms with Crippen molar-refractivity contribution in [1.82, 2.24) is 0 Å². The summed E-state index contributed by atoms with van der Waals surface area (Å²) in [7, 11) is -1.35. The van der Waals surface area contributed by atoms with Crippen molar-refractivity contribution < 1.29 is 21.8 Å². The molecule has 2 fully saturated rings. The fourth-order valence-electron chi connectivity index (χ4n) is 3.13. The van der Waals surface area contributed by atoms with Crippen LogP contribution in [0.1, 0.15) is 5.56 Å². The molecular formula is C23H27FeNOSi+2. The quantitative estimate of drug-likeness (QED) is 0.651. The van der Waals surface area contributed by atoms with Gasteiger partial charge < -0.3 is 4.74 Å². The van der Waals surface area contributed by atoms with Crippen LogP contribution in [0.5, 0.6) is 0 Å². The van der Waals surface area contributed by atoms with Gasteiger partial charge in [0.15, 0.2) is 5.90 Å². The number of rotatable bonds is 4. The van der Waals surface area contributed by atoms with Crippen LogP contribution in [0.2, 0.25) is 19.6 Å². The Morgan fingerprint density at radius 3 is 2.15 bits per heavy atom. The average Bonchev–Trinajstić information content (AvgIpc) is 3.37. The largest absolute Gasteiger partial charge is 2.00 e. The second kappa shape index (κ2) is 10.8. The molecule has 0 bridgehead atoms. The summed E-state index contributed by atoms with van der Waals surface area (Å²) >= 11 is 0. The first-order valence-electron chi connectivity index (χ1n) is 9.22. The van der Waals surface area contributed by atoms with Gasteiger partial charge in [0.25, 0.3) is 0 Å². The monoisotopic (exact) mass is 417 g/mol. The molecule has 4 rings (SSSR count). The first kappa shape index (κ1) is 22.7. The van der Waals surface area contributed by atoms with Crippen LogP contribution in [0, 0.1) is 62.8 Å². The van der Waals surface area contributed by atoms with E-state index < -0.39 is 8.07 Å². The van der Waals surface area contributed by atoms with Crippen molar-refractivity contribution in [2.75, 3.05) is 6.61 Å². The van der Waals surface area contributed by atoms with Crippen molar-refractivity contribution in [2.24, 2.45) is 4.99 Å². The van der Waals surface area contributed by atoms with Crippen LogP contribution < -0.4 is 0 Å². The molecule has 140 valence electrons. The smallest absolute Gasteiger partial charge is 0.478 e. The average molecular weight is 417 g/mol. The molecule has 1 aromatic carbocycles. The van der Waals surface area contributed by atoms with E-state index in [2.05, 4.69) is 63.2 Å². The Hall–Kier alpha value is -0.574. The Bertz CT molecular complexity index is 572. The Balaban J connectivity index is 0.000000379. The fourth-order valence-corrected chi connectivity index (χ4v) is 4.73. The zero-order valence-corrected chi connectivity index (χ0v) is 18.3. The summed E-state index contributed by atoms with van der Waals surface area (Å²) in [6.07, 6.45) is 17.5. The van der Waals surface area contributed by atoms with E-state index in [9.17, 15) is 0 Å². The molecule has 1 aromatic rings. The van der Waals surface area contributed by atoms with E-state index in [1.54, 1.807) is 0 Å². The topological polar surface area (TPSA) is 21.6 Å². The van der Waals surface area contributed by atoms with Crippen molar-refractivity contribution in [3.05, 3.63) is 98.7 Å². The van der Waals surface area contributed by atoms with Crippen molar-refractivity contribution in [1.29, 1.82) is 0 Å². The number of aliphatic imine (C=N–C) groups is 1. The van der Waals surface area contributed by atoms with Gasteiger partial charge in [-0.15, -0.1) is 0 Å². The molecule has 0 unspecified atom stereocenters. The maximum absolute atomic E-state index is 5.89. The zero-order valence-electron chi connectivity index (χ0n) is 16.2. The van der Waals surface area contributed by atoms with Crippen LogP contribution in [-0.2, 0) is 28.2 Å². The second-order valence-corrected chi connectivity index (χ2v) is 12.7. The number of hydrogen-bond donors (Lipinski definition) is 0. The van der Waals surface area contributed by atoms with E-state index in [-0.39, 0.29) is 23.1 Å². The number of nitrogens with zero attached hydrogens (tertiary/aromatic N) is 1. The molecule has 3 aliphatic rings. The summed E-state index contributed by atoms with van der Waals surface area (Å²) in [4.78, 5) is 4.82. The van der Waals surface area contributed by atoms with E-state index in [4.69, 9.17) is 9.73 Å². The zero-order chi connectivity index (χ0) is 18.4. The molecule has 0 spiro atoms. The standard InChI is InChI=1S/C18H22NOSi.C5H5.Fe/c1-21(2,3)17-11-7-10-16(17)18-19-15(13-20-18)12-14-8-5-4-6-9-14;1-2-4-5-3-1;/h4-11,15H,12-13H2,1-3H3;1-5H;/q;;+2/t15-;;/m0../s1. The molecule has 0 N–H and O–H groups in total. The molecule has 2 nitrogen and oxygen atoms in total. The third-order valence-electron chi connectivity index (χ3n) is 4.44. The van der Waals surface area contributed by atoms with Crippen molar-refractivity contribution >= 4 is 14.0 Å². The summed E-state index contributed by atoms with van der Waals surface area (Å²) in [6, 6.07) is 10.8. The van der Waals surface area contributed by atoms with Gasteiger partial charge in [0.2, 0.25) is 0 Å². The van der Waals surface area contributed by atoms with Crippen LogP contribution in [-0.4, -0.2) is 26.6 Å². The summed E-state index contributed by atoms with van der Waals surface area (Å²) in [5.74, 6) is 2.06. The van der Waals surface area contributed by atoms with Gasteiger partial charge in [0.05, 0.1) is 20.0 Å². The van der Waals surface area contributed by atoms with E-state index in [0.29, 0.717) is 6.61 Å². The van der Waals surface area contributed by atoms with Crippen LogP contribution >= 0.6 is 0 Å². The third kappa shape index (κ3) is 6.76. The summed E-state index contributed by atoms with van der Waals surface area (Å²) in [6.45, 7) is 7.79. The molecular weight excluding hydrogens is 390 g/mol. The predicted octanol–water partition coefficient (Wildman–Crippen LogP) is 4.70. The minimum Gasteiger partial charge on any atom is -0.478 e. The molecule has 0 aromatic heterocycles. The number of ether oxygens (including phenoxy) is 1. The van der Waals surface area contributed by atoms with Crippen LogP contribution in [0.4, 0.5) is 0 Å². The molecule has 1 atom stereocenters. The normalized spacial score (nSPS) is 23.2. The van der Waals surface area contributed by atoms with Crippen LogP contribution in [0.25, 0.3) is 0 Å². The third-order valence-corrected chi connectivity index (χ3v) is 6.49. The number of benzene rings is 1. The molecule has 27 heavy (non-hydrogen) atoms. The summed E-state index contributed by atoms with van der Waals surface area (Å²) < 4.78 is 5.89. The van der Waals surface area contributed by atoms with Crippen molar-refractivity contribution in [2.45, 2.75) is 32.1 Å². The first-order chi connectivity index (χ1) is 12.5. The Kier molecular flexibility index (Phi) is 9.11. The maximum Gasteiger partial charge on any atom is 2.00 e. The van der Waals surface area contributed by atoms with Gasteiger partial charge >= 0.3 is 17.1 Å². The Labute approximate surface area is 178 Å². The van der Waals surface area contributed by atoms with Crippen LogP contribution in [0.15, 0.2) is 35.3 Å². The molecule has 1 heterocycles. The second-order valence-electron chi connectivity index (χ2n) is 7.65. The van der Waals surface area contributed by atoms with Crippen molar-refractivity contribution in [3.63, 3.8) is 0 Å². The van der Waals surface area contributed by atoms with Gasteiger partial charge in [-0.3, -0.25) is 0 Å². The van der Waals surface area contributed by atoms with E-state index in [1.807, 2.05) is 38.2 Å². The first-order valence-corrected chi connectivity index (χ1v) is 12.7. The minimum absolute atomic E-state index is 0. The van der Waals surface area contributed by atoms with Gasteiger partial charge in [0.1, 0.15) is 6.61 Å². The van der Waals surface area contributed by atoms with Gasteiger partial charge in [-0.25, -0.2) is 4.99 Å². The minimum atomic E-state index is -1.35. The van der Waals surface area contributed by atoms with E-state index in [1.165, 1.54) is 17.0 Å². The fraction of sp³-hybridized carbons (Fsp3) is 0.261. The van der Waals surface area contributed by atoms with E-state index >= 15 is 0 Å². The molecule has 1 aliphatic heterocycles. The summed E-state index contributed by atoms with van der Waals surface area (Å²) in [5, 5.41) is 0. The van der Waals surface area contributed by atoms with E-state index in [0.717, 1.165) is 12.3 Å². The van der Waals surface area contributed by atoms with Crippen molar-refractivity contribution in [3.8, 4) is 0 Å². The molecule has 2 saturated carbocycles. The van der Waals surface area contributed by atoms with Gasteiger partial charge in [-0.2, -0.15) is 0 Å². The van der Waals surface area contributed by atoms with Gasteiger partial charge in [-0.1, -0.05) is 50.0 Å². The maximum atomic E-state index is 5.89. The Morgan fingerprint density at radius 2 is 1.56 bits per heavy atom. The van der Waals surface area contributed by atoms with Gasteiger partial charge in [-0.05, 0) is 68.9 Å².